The lowest BCUT2D eigenvalue weighted by Crippen LogP contribution is -2.07. The first-order chi connectivity index (χ1) is 16.4. The van der Waals surface area contributed by atoms with Gasteiger partial charge in [0, 0.05) is 32.4 Å². The van der Waals surface area contributed by atoms with Crippen LogP contribution in [-0.2, 0) is 11.3 Å². The fraction of sp³-hybridized carbons (Fsp3) is 0.222. The van der Waals surface area contributed by atoms with Crippen molar-refractivity contribution in [2.24, 2.45) is 0 Å². The summed E-state index contributed by atoms with van der Waals surface area (Å²) in [6, 6.07) is 18.8. The Kier molecular flexibility index (Phi) is 7.35. The van der Waals surface area contributed by atoms with Gasteiger partial charge in [0.25, 0.3) is 0 Å². The molecule has 1 aromatic heterocycles. The Morgan fingerprint density at radius 3 is 2.29 bits per heavy atom. The number of nitrogens with zero attached hydrogens (tertiary/aromatic N) is 1. The van der Waals surface area contributed by atoms with Crippen LogP contribution in [0.3, 0.4) is 0 Å². The van der Waals surface area contributed by atoms with Crippen LogP contribution in [0.25, 0.3) is 16.6 Å². The van der Waals surface area contributed by atoms with E-state index in [-0.39, 0.29) is 12.6 Å². The summed E-state index contributed by atoms with van der Waals surface area (Å²) in [7, 11) is 0. The number of rotatable bonds is 8. The average molecular weight is 498 g/mol. The van der Waals surface area contributed by atoms with Crippen molar-refractivity contribution in [2.45, 2.75) is 27.4 Å². The Balaban J connectivity index is 1.75. The first-order valence-electron chi connectivity index (χ1n) is 11.0. The molecular formula is C27H25Cl2NO4. The number of carbonyl (C=O) groups is 1. The Labute approximate surface area is 208 Å². The molecule has 4 aromatic rings. The number of halogens is 2. The molecule has 0 saturated carbocycles. The maximum atomic E-state index is 12.9. The lowest BCUT2D eigenvalue weighted by molar-refractivity contribution is 0.0527. The highest BCUT2D eigenvalue weighted by Gasteiger charge is 2.22. The van der Waals surface area contributed by atoms with Crippen molar-refractivity contribution in [3.8, 4) is 17.2 Å². The van der Waals surface area contributed by atoms with E-state index < -0.39 is 0 Å². The third-order valence-electron chi connectivity index (χ3n) is 5.47. The zero-order chi connectivity index (χ0) is 24.2. The molecule has 0 N–H and O–H groups in total. The number of ether oxygens (including phenoxy) is 3. The molecule has 0 radical (unpaired) electrons. The topological polar surface area (TPSA) is 49.7 Å². The Hall–Kier alpha value is -3.15. The zero-order valence-corrected chi connectivity index (χ0v) is 20.7. The van der Waals surface area contributed by atoms with E-state index in [1.54, 1.807) is 19.1 Å². The Morgan fingerprint density at radius 2 is 1.62 bits per heavy atom. The summed E-state index contributed by atoms with van der Waals surface area (Å²) in [6.07, 6.45) is 0. The summed E-state index contributed by atoms with van der Waals surface area (Å²) in [4.78, 5) is 12.9. The quantitative estimate of drug-likeness (QED) is 0.238. The van der Waals surface area contributed by atoms with Gasteiger partial charge in [-0.2, -0.15) is 0 Å². The molecule has 7 heteroatoms. The van der Waals surface area contributed by atoms with Gasteiger partial charge in [-0.3, -0.25) is 0 Å². The summed E-state index contributed by atoms with van der Waals surface area (Å²) in [6.45, 7) is 6.82. The predicted molar refractivity (Wildman–Crippen MR) is 136 cm³/mol. The molecule has 0 amide bonds. The van der Waals surface area contributed by atoms with Crippen molar-refractivity contribution in [3.05, 3.63) is 87.5 Å². The number of hydrogen-bond acceptors (Lipinski definition) is 4. The third-order valence-corrected chi connectivity index (χ3v) is 6.06. The maximum absolute atomic E-state index is 12.9. The molecule has 0 saturated heterocycles. The van der Waals surface area contributed by atoms with Crippen LogP contribution in [0.1, 0.15) is 35.5 Å². The maximum Gasteiger partial charge on any atom is 0.340 e. The van der Waals surface area contributed by atoms with Gasteiger partial charge in [0.05, 0.1) is 24.3 Å². The van der Waals surface area contributed by atoms with Crippen molar-refractivity contribution < 1.29 is 19.0 Å². The van der Waals surface area contributed by atoms with Crippen LogP contribution >= 0.6 is 23.2 Å². The van der Waals surface area contributed by atoms with E-state index in [2.05, 4.69) is 0 Å². The second kappa shape index (κ2) is 10.4. The normalized spacial score (nSPS) is 11.0. The van der Waals surface area contributed by atoms with Crippen LogP contribution < -0.4 is 9.47 Å². The van der Waals surface area contributed by atoms with Gasteiger partial charge in [-0.05, 0) is 75.4 Å². The lowest BCUT2D eigenvalue weighted by Gasteiger charge is -2.11. The second-order valence-electron chi connectivity index (χ2n) is 7.65. The molecular weight excluding hydrogens is 473 g/mol. The van der Waals surface area contributed by atoms with Crippen LogP contribution in [0.4, 0.5) is 0 Å². The first-order valence-corrected chi connectivity index (χ1v) is 11.8. The molecule has 3 aromatic carbocycles. The summed E-state index contributed by atoms with van der Waals surface area (Å²) in [5, 5.41) is 1.86. The van der Waals surface area contributed by atoms with Gasteiger partial charge in [-0.25, -0.2) is 4.79 Å². The molecule has 0 aliphatic heterocycles. The smallest absolute Gasteiger partial charge is 0.340 e. The van der Waals surface area contributed by atoms with Crippen LogP contribution in [-0.4, -0.2) is 23.8 Å². The molecule has 1 heterocycles. The SMILES string of the molecule is CCOC(=O)c1c(C)n(-c2ccc(OCC)cc2)c2ccc(OCc3ccc(Cl)cc3Cl)cc12. The van der Waals surface area contributed by atoms with E-state index in [1.165, 1.54) is 0 Å². The van der Waals surface area contributed by atoms with Crippen molar-refractivity contribution in [1.29, 1.82) is 0 Å². The van der Waals surface area contributed by atoms with Crippen LogP contribution in [0.2, 0.25) is 10.0 Å². The minimum absolute atomic E-state index is 0.273. The number of aromatic nitrogens is 1. The van der Waals surface area contributed by atoms with Crippen molar-refractivity contribution in [3.63, 3.8) is 0 Å². The predicted octanol–water partition coefficient (Wildman–Crippen LogP) is 7.40. The molecule has 0 bridgehead atoms. The highest BCUT2D eigenvalue weighted by Crippen LogP contribution is 2.33. The minimum atomic E-state index is -0.368. The molecule has 0 fully saturated rings. The Morgan fingerprint density at radius 1 is 0.882 bits per heavy atom. The molecule has 176 valence electrons. The molecule has 0 spiro atoms. The molecule has 0 atom stereocenters. The molecule has 0 unspecified atom stereocenters. The van der Waals surface area contributed by atoms with Gasteiger partial charge in [-0.15, -0.1) is 0 Å². The van der Waals surface area contributed by atoms with Crippen LogP contribution in [0.15, 0.2) is 60.7 Å². The van der Waals surface area contributed by atoms with Crippen LogP contribution in [0, 0.1) is 6.92 Å². The Bertz CT molecular complexity index is 1330. The molecule has 4 rings (SSSR count). The molecule has 0 aliphatic carbocycles. The summed E-state index contributed by atoms with van der Waals surface area (Å²) in [5.74, 6) is 1.04. The van der Waals surface area contributed by atoms with Gasteiger partial charge in [-0.1, -0.05) is 29.3 Å². The summed E-state index contributed by atoms with van der Waals surface area (Å²) >= 11 is 12.3. The fourth-order valence-corrected chi connectivity index (χ4v) is 4.40. The zero-order valence-electron chi connectivity index (χ0n) is 19.2. The number of esters is 1. The van der Waals surface area contributed by atoms with Crippen LogP contribution in [0.5, 0.6) is 11.5 Å². The number of carbonyl (C=O) groups excluding carboxylic acids is 1. The number of benzene rings is 3. The van der Waals surface area contributed by atoms with Gasteiger partial charge in [0.15, 0.2) is 0 Å². The van der Waals surface area contributed by atoms with Crippen molar-refractivity contribution >= 4 is 40.1 Å². The average Bonchev–Trinajstić information content (AvgIpc) is 3.10. The van der Waals surface area contributed by atoms with Gasteiger partial charge in [0.1, 0.15) is 18.1 Å². The first kappa shape index (κ1) is 24.0. The monoisotopic (exact) mass is 497 g/mol. The van der Waals surface area contributed by atoms with E-state index in [0.717, 1.165) is 33.6 Å². The molecule has 34 heavy (non-hydrogen) atoms. The van der Waals surface area contributed by atoms with Gasteiger partial charge in [0.2, 0.25) is 0 Å². The second-order valence-corrected chi connectivity index (χ2v) is 8.49. The summed E-state index contributed by atoms with van der Waals surface area (Å²) < 4.78 is 19.0. The standard InChI is InChI=1S/C27H25Cl2NO4/c1-4-32-21-10-8-20(9-11-21)30-17(3)26(27(31)33-5-2)23-15-22(12-13-25(23)30)34-16-18-6-7-19(28)14-24(18)29/h6-15H,4-5,16H2,1-3H3. The largest absolute Gasteiger partial charge is 0.494 e. The van der Waals surface area contributed by atoms with Gasteiger partial charge < -0.3 is 18.8 Å². The highest BCUT2D eigenvalue weighted by atomic mass is 35.5. The van der Waals surface area contributed by atoms with Crippen molar-refractivity contribution in [2.75, 3.05) is 13.2 Å². The fourth-order valence-electron chi connectivity index (χ4n) is 3.94. The minimum Gasteiger partial charge on any atom is -0.494 e. The van der Waals surface area contributed by atoms with E-state index in [9.17, 15) is 4.79 Å². The highest BCUT2D eigenvalue weighted by molar-refractivity contribution is 6.35. The molecule has 0 aliphatic rings. The van der Waals surface area contributed by atoms with E-state index in [0.29, 0.717) is 34.6 Å². The van der Waals surface area contributed by atoms with Crippen molar-refractivity contribution in [1.82, 2.24) is 4.57 Å². The molecule has 5 nitrogen and oxygen atoms in total. The van der Waals surface area contributed by atoms with Gasteiger partial charge >= 0.3 is 5.97 Å². The van der Waals surface area contributed by atoms with E-state index >= 15 is 0 Å². The third kappa shape index (κ3) is 4.86. The number of hydrogen-bond donors (Lipinski definition) is 0. The summed E-state index contributed by atoms with van der Waals surface area (Å²) in [5.41, 5.74) is 3.92. The lowest BCUT2D eigenvalue weighted by atomic mass is 10.1. The number of fused-ring (bicyclic) bond motifs is 1. The van der Waals surface area contributed by atoms with E-state index in [4.69, 9.17) is 37.4 Å². The van der Waals surface area contributed by atoms with E-state index in [1.807, 2.05) is 66.9 Å².